The maximum absolute atomic E-state index is 4.54. The maximum Gasteiger partial charge on any atom is 0.138 e. The van der Waals surface area contributed by atoms with Gasteiger partial charge in [0.2, 0.25) is 0 Å². The van der Waals surface area contributed by atoms with E-state index in [0.717, 1.165) is 17.2 Å². The van der Waals surface area contributed by atoms with Gasteiger partial charge >= 0.3 is 0 Å². The Bertz CT molecular complexity index is 668. The summed E-state index contributed by atoms with van der Waals surface area (Å²) in [6.07, 6.45) is 11.0. The fourth-order valence-corrected chi connectivity index (χ4v) is 5.80. The van der Waals surface area contributed by atoms with Gasteiger partial charge in [0.1, 0.15) is 17.0 Å². The van der Waals surface area contributed by atoms with Gasteiger partial charge in [-0.05, 0) is 31.1 Å². The number of halogens is 2. The van der Waals surface area contributed by atoms with Crippen LogP contribution in [0.4, 0.5) is 5.82 Å². The van der Waals surface area contributed by atoms with Gasteiger partial charge in [0.05, 0.1) is 5.39 Å². The number of hydrogen-bond acceptors (Lipinski definition) is 6. The maximum atomic E-state index is 4.54. The Hall–Kier alpha value is -0.270. The van der Waals surface area contributed by atoms with Crippen LogP contribution in [0.25, 0.3) is 10.2 Å². The molecular weight excluding hydrogens is 407 g/mol. The predicted molar refractivity (Wildman–Crippen MR) is 120 cm³/mol. The van der Waals surface area contributed by atoms with Crippen LogP contribution in [0, 0.1) is 0 Å². The molecular formula is C18H28Cl2N4S2. The van der Waals surface area contributed by atoms with Crippen LogP contribution in [0.3, 0.4) is 0 Å². The minimum Gasteiger partial charge on any atom is -0.367 e. The average molecular weight is 435 g/mol. The van der Waals surface area contributed by atoms with E-state index in [1.807, 2.05) is 0 Å². The minimum atomic E-state index is 0. The molecule has 2 aliphatic rings. The standard InChI is InChI=1S/C18H26N4S2.2ClH/c1-2-4-6-13(5-3-1)22-17-16-9-15(24-18(16)21-12-20-17)10-19-14-7-8-23-11-14;;/h9,12-14,19H,1-8,10-11H2,(H,20,21,22);2*1H/t14-;;/m0../s1. The van der Waals surface area contributed by atoms with E-state index >= 15 is 0 Å². The van der Waals surface area contributed by atoms with Crippen molar-refractivity contribution in [1.82, 2.24) is 15.3 Å². The van der Waals surface area contributed by atoms with Gasteiger partial charge in [-0.1, -0.05) is 25.7 Å². The topological polar surface area (TPSA) is 49.8 Å². The molecule has 26 heavy (non-hydrogen) atoms. The lowest BCUT2D eigenvalue weighted by Crippen LogP contribution is -2.27. The first kappa shape index (κ1) is 22.0. The second kappa shape index (κ2) is 10.9. The molecule has 0 aromatic carbocycles. The first-order valence-corrected chi connectivity index (χ1v) is 11.2. The molecule has 4 nitrogen and oxygen atoms in total. The second-order valence-electron chi connectivity index (χ2n) is 6.93. The molecule has 1 saturated heterocycles. The minimum absolute atomic E-state index is 0. The second-order valence-corrected chi connectivity index (χ2v) is 9.19. The molecule has 1 saturated carbocycles. The Morgan fingerprint density at radius 2 is 1.81 bits per heavy atom. The number of aromatic nitrogens is 2. The monoisotopic (exact) mass is 434 g/mol. The first-order valence-electron chi connectivity index (χ1n) is 9.19. The van der Waals surface area contributed by atoms with Crippen molar-refractivity contribution in [3.05, 3.63) is 17.3 Å². The van der Waals surface area contributed by atoms with Crippen LogP contribution in [-0.2, 0) is 6.54 Å². The lowest BCUT2D eigenvalue weighted by molar-refractivity contribution is 0.561. The highest BCUT2D eigenvalue weighted by molar-refractivity contribution is 7.99. The molecule has 2 fully saturated rings. The molecule has 0 unspecified atom stereocenters. The molecule has 1 aliphatic heterocycles. The van der Waals surface area contributed by atoms with Crippen molar-refractivity contribution in [1.29, 1.82) is 0 Å². The number of hydrogen-bond donors (Lipinski definition) is 2. The van der Waals surface area contributed by atoms with Crippen molar-refractivity contribution in [3.8, 4) is 0 Å². The Labute approximate surface area is 176 Å². The zero-order valence-corrected chi connectivity index (χ0v) is 18.2. The van der Waals surface area contributed by atoms with E-state index in [-0.39, 0.29) is 24.8 Å². The highest BCUT2D eigenvalue weighted by atomic mass is 35.5. The van der Waals surface area contributed by atoms with Gasteiger partial charge < -0.3 is 10.6 Å². The SMILES string of the molecule is Cl.Cl.c1nc(NC2CCCCCC2)c2cc(CN[C@H]3CCSC3)sc2n1. The van der Waals surface area contributed by atoms with Crippen LogP contribution < -0.4 is 10.6 Å². The Morgan fingerprint density at radius 1 is 1.00 bits per heavy atom. The van der Waals surface area contributed by atoms with E-state index in [2.05, 4.69) is 38.4 Å². The van der Waals surface area contributed by atoms with Crippen molar-refractivity contribution >= 4 is 63.9 Å². The normalized spacial score (nSPS) is 21.0. The van der Waals surface area contributed by atoms with Crippen LogP contribution in [-0.4, -0.2) is 33.6 Å². The molecule has 2 aromatic rings. The highest BCUT2D eigenvalue weighted by Gasteiger charge is 2.17. The third-order valence-corrected chi connectivity index (χ3v) is 7.28. The summed E-state index contributed by atoms with van der Waals surface area (Å²) >= 11 is 3.85. The smallest absolute Gasteiger partial charge is 0.138 e. The van der Waals surface area contributed by atoms with E-state index in [0.29, 0.717) is 12.1 Å². The summed E-state index contributed by atoms with van der Waals surface area (Å²) < 4.78 is 0. The number of rotatable bonds is 5. The molecule has 0 bridgehead atoms. The van der Waals surface area contributed by atoms with E-state index in [4.69, 9.17) is 0 Å². The van der Waals surface area contributed by atoms with E-state index in [1.54, 1.807) is 17.7 Å². The number of thiophene rings is 1. The van der Waals surface area contributed by atoms with Gasteiger partial charge in [0, 0.05) is 29.3 Å². The van der Waals surface area contributed by atoms with Crippen LogP contribution in [0.5, 0.6) is 0 Å². The third-order valence-electron chi connectivity index (χ3n) is 5.07. The number of thioether (sulfide) groups is 1. The molecule has 2 aromatic heterocycles. The Balaban J connectivity index is 0.00000121. The summed E-state index contributed by atoms with van der Waals surface area (Å²) in [6.45, 7) is 0.953. The first-order chi connectivity index (χ1) is 11.9. The quantitative estimate of drug-likeness (QED) is 0.627. The third kappa shape index (κ3) is 5.61. The lowest BCUT2D eigenvalue weighted by atomic mass is 10.1. The van der Waals surface area contributed by atoms with Gasteiger partial charge in [-0.25, -0.2) is 9.97 Å². The van der Waals surface area contributed by atoms with Crippen LogP contribution in [0.15, 0.2) is 12.4 Å². The zero-order chi connectivity index (χ0) is 16.2. The van der Waals surface area contributed by atoms with Gasteiger partial charge in [-0.2, -0.15) is 11.8 Å². The summed E-state index contributed by atoms with van der Waals surface area (Å²) in [5.74, 6) is 3.58. The summed E-state index contributed by atoms with van der Waals surface area (Å²) in [5, 5.41) is 8.59. The molecule has 1 aliphatic carbocycles. The van der Waals surface area contributed by atoms with E-state index in [9.17, 15) is 0 Å². The number of fused-ring (bicyclic) bond motifs is 1. The fraction of sp³-hybridized carbons (Fsp3) is 0.667. The van der Waals surface area contributed by atoms with Gasteiger partial charge in [-0.15, -0.1) is 36.2 Å². The summed E-state index contributed by atoms with van der Waals surface area (Å²) in [7, 11) is 0. The molecule has 4 rings (SSSR count). The number of nitrogens with one attached hydrogen (secondary N) is 2. The zero-order valence-electron chi connectivity index (χ0n) is 14.9. The molecule has 2 N–H and O–H groups in total. The Kier molecular flexibility index (Phi) is 9.24. The molecule has 1 atom stereocenters. The largest absolute Gasteiger partial charge is 0.367 e. The number of nitrogens with zero attached hydrogens (tertiary/aromatic N) is 2. The summed E-state index contributed by atoms with van der Waals surface area (Å²) in [6, 6.07) is 3.53. The lowest BCUT2D eigenvalue weighted by Gasteiger charge is -2.17. The molecule has 3 heterocycles. The summed E-state index contributed by atoms with van der Waals surface area (Å²) in [4.78, 5) is 11.5. The number of anilines is 1. The molecule has 8 heteroatoms. The summed E-state index contributed by atoms with van der Waals surface area (Å²) in [5.41, 5.74) is 0. The predicted octanol–water partition coefficient (Wildman–Crippen LogP) is 5.26. The molecule has 0 spiro atoms. The van der Waals surface area contributed by atoms with Crippen molar-refractivity contribution in [3.63, 3.8) is 0 Å². The van der Waals surface area contributed by atoms with Gasteiger partial charge in [0.15, 0.2) is 0 Å². The molecule has 0 radical (unpaired) electrons. The van der Waals surface area contributed by atoms with E-state index < -0.39 is 0 Å². The molecule has 146 valence electrons. The average Bonchev–Trinajstić information content (AvgIpc) is 3.18. The van der Waals surface area contributed by atoms with Crippen molar-refractivity contribution in [2.75, 3.05) is 16.8 Å². The van der Waals surface area contributed by atoms with Crippen LogP contribution >= 0.6 is 47.9 Å². The van der Waals surface area contributed by atoms with Crippen molar-refractivity contribution < 1.29 is 0 Å². The van der Waals surface area contributed by atoms with E-state index in [1.165, 1.54) is 66.7 Å². The van der Waals surface area contributed by atoms with Crippen molar-refractivity contribution in [2.45, 2.75) is 63.6 Å². The Morgan fingerprint density at radius 3 is 2.54 bits per heavy atom. The van der Waals surface area contributed by atoms with Crippen molar-refractivity contribution in [2.24, 2.45) is 0 Å². The van der Waals surface area contributed by atoms with Gasteiger partial charge in [0.25, 0.3) is 0 Å². The van der Waals surface area contributed by atoms with Gasteiger partial charge in [-0.3, -0.25) is 0 Å². The molecule has 0 amide bonds. The van der Waals surface area contributed by atoms with Crippen LogP contribution in [0.2, 0.25) is 0 Å². The van der Waals surface area contributed by atoms with Crippen LogP contribution in [0.1, 0.15) is 49.8 Å². The fourth-order valence-electron chi connectivity index (χ4n) is 3.67. The highest BCUT2D eigenvalue weighted by Crippen LogP contribution is 2.30.